The zero-order valence-corrected chi connectivity index (χ0v) is 20.2. The number of hydrogen-bond donors (Lipinski definition) is 1. The highest BCUT2D eigenvalue weighted by molar-refractivity contribution is 9.10. The van der Waals surface area contributed by atoms with Crippen LogP contribution in [0.15, 0.2) is 82.5 Å². The summed E-state index contributed by atoms with van der Waals surface area (Å²) in [5.41, 5.74) is 3.55. The number of hydrogen-bond acceptors (Lipinski definition) is 5. The number of nitrogens with one attached hydrogen (secondary N) is 1. The molecule has 0 saturated carbocycles. The van der Waals surface area contributed by atoms with Crippen molar-refractivity contribution in [3.05, 3.63) is 94.1 Å². The van der Waals surface area contributed by atoms with Gasteiger partial charge in [-0.05, 0) is 69.0 Å². The molecule has 0 aliphatic heterocycles. The van der Waals surface area contributed by atoms with E-state index < -0.39 is 11.7 Å². The molecule has 180 valence electrons. The van der Waals surface area contributed by atoms with Crippen molar-refractivity contribution in [2.24, 2.45) is 5.10 Å². The summed E-state index contributed by atoms with van der Waals surface area (Å²) in [6.45, 7) is 2.67. The number of alkyl halides is 3. The van der Waals surface area contributed by atoms with Crippen LogP contribution in [0.25, 0.3) is 10.8 Å². The minimum Gasteiger partial charge on any atom is -0.490 e. The van der Waals surface area contributed by atoms with E-state index in [0.29, 0.717) is 34.7 Å². The number of pyridine rings is 1. The highest BCUT2D eigenvalue weighted by atomic mass is 79.9. The average molecular weight is 544 g/mol. The second-order valence-corrected chi connectivity index (χ2v) is 8.34. The number of hydrazone groups is 1. The monoisotopic (exact) mass is 543 g/mol. The summed E-state index contributed by atoms with van der Waals surface area (Å²) in [6.07, 6.45) is -2.17. The Bertz CT molecular complexity index is 1340. The second-order valence-electron chi connectivity index (χ2n) is 7.49. The van der Waals surface area contributed by atoms with Crippen molar-refractivity contribution >= 4 is 38.7 Å². The third-order valence-corrected chi connectivity index (χ3v) is 5.66. The highest BCUT2D eigenvalue weighted by Gasteiger charge is 2.30. The van der Waals surface area contributed by atoms with Gasteiger partial charge >= 0.3 is 6.18 Å². The lowest BCUT2D eigenvalue weighted by Crippen LogP contribution is -2.05. The molecule has 0 amide bonds. The van der Waals surface area contributed by atoms with Gasteiger partial charge in [-0.15, -0.1) is 0 Å². The summed E-state index contributed by atoms with van der Waals surface area (Å²) in [7, 11) is 0. The average Bonchev–Trinajstić information content (AvgIpc) is 2.83. The third kappa shape index (κ3) is 6.10. The smallest absolute Gasteiger partial charge is 0.417 e. The van der Waals surface area contributed by atoms with Gasteiger partial charge in [-0.2, -0.15) is 18.3 Å². The number of benzene rings is 3. The van der Waals surface area contributed by atoms with E-state index in [1.807, 2.05) is 37.3 Å². The van der Waals surface area contributed by atoms with E-state index in [9.17, 15) is 13.2 Å². The Morgan fingerprint density at radius 1 is 1.03 bits per heavy atom. The standard InChI is InChI=1S/C26H21BrF3N3O2/c1-2-34-23-13-17(14-32-33-24-11-10-20(15-31-24)26(28,29)30)12-22(27)25(23)35-16-19-8-5-7-18-6-3-4-9-21(18)19/h3-15H,2,16H2,1H3,(H,31,33)/b32-14-. The minimum absolute atomic E-state index is 0.188. The molecule has 0 unspecified atom stereocenters. The molecule has 1 N–H and O–H groups in total. The van der Waals surface area contributed by atoms with Gasteiger partial charge in [0, 0.05) is 6.20 Å². The molecule has 0 saturated heterocycles. The molecule has 0 atom stereocenters. The molecular formula is C26H21BrF3N3O2. The SMILES string of the molecule is CCOc1cc(/C=N\Nc2ccc(C(F)(F)F)cn2)cc(Br)c1OCc1cccc2ccccc12. The molecule has 1 aromatic heterocycles. The predicted molar refractivity (Wildman–Crippen MR) is 134 cm³/mol. The first-order valence-corrected chi connectivity index (χ1v) is 11.5. The van der Waals surface area contributed by atoms with E-state index in [4.69, 9.17) is 9.47 Å². The number of fused-ring (bicyclic) bond motifs is 1. The Morgan fingerprint density at radius 2 is 1.83 bits per heavy atom. The van der Waals surface area contributed by atoms with Gasteiger partial charge in [-0.25, -0.2) is 4.98 Å². The number of aromatic nitrogens is 1. The number of halogens is 4. The van der Waals surface area contributed by atoms with Gasteiger partial charge in [0.15, 0.2) is 11.5 Å². The normalized spacial score (nSPS) is 11.7. The highest BCUT2D eigenvalue weighted by Crippen LogP contribution is 2.37. The first-order chi connectivity index (χ1) is 16.8. The van der Waals surface area contributed by atoms with Crippen LogP contribution in [0, 0.1) is 0 Å². The van der Waals surface area contributed by atoms with E-state index >= 15 is 0 Å². The zero-order valence-electron chi connectivity index (χ0n) is 18.6. The topological polar surface area (TPSA) is 55.7 Å². The Balaban J connectivity index is 1.49. The zero-order chi connectivity index (χ0) is 24.8. The lowest BCUT2D eigenvalue weighted by Gasteiger charge is -2.15. The van der Waals surface area contributed by atoms with Crippen LogP contribution in [0.5, 0.6) is 11.5 Å². The van der Waals surface area contributed by atoms with Crippen LogP contribution in [-0.4, -0.2) is 17.8 Å². The summed E-state index contributed by atoms with van der Waals surface area (Å²) in [5, 5.41) is 6.33. The Kier molecular flexibility index (Phi) is 7.55. The summed E-state index contributed by atoms with van der Waals surface area (Å²) in [4.78, 5) is 3.73. The fourth-order valence-corrected chi connectivity index (χ4v) is 4.01. The van der Waals surface area contributed by atoms with Crippen molar-refractivity contribution in [2.75, 3.05) is 12.0 Å². The van der Waals surface area contributed by atoms with Crippen LogP contribution in [0.2, 0.25) is 0 Å². The minimum atomic E-state index is -4.44. The Morgan fingerprint density at radius 3 is 2.57 bits per heavy atom. The van der Waals surface area contributed by atoms with Crippen LogP contribution in [-0.2, 0) is 12.8 Å². The van der Waals surface area contributed by atoms with E-state index in [2.05, 4.69) is 49.6 Å². The van der Waals surface area contributed by atoms with Crippen LogP contribution >= 0.6 is 15.9 Å². The van der Waals surface area contributed by atoms with Crippen LogP contribution in [0.1, 0.15) is 23.6 Å². The maximum absolute atomic E-state index is 12.7. The number of anilines is 1. The van der Waals surface area contributed by atoms with Crippen molar-refractivity contribution in [1.82, 2.24) is 4.98 Å². The Hall–Kier alpha value is -3.59. The maximum Gasteiger partial charge on any atom is 0.417 e. The van der Waals surface area contributed by atoms with Crippen molar-refractivity contribution in [2.45, 2.75) is 19.7 Å². The van der Waals surface area contributed by atoms with Gasteiger partial charge in [0.25, 0.3) is 0 Å². The molecule has 9 heteroatoms. The molecule has 4 rings (SSSR count). The number of ether oxygens (including phenoxy) is 2. The van der Waals surface area contributed by atoms with Gasteiger partial charge in [-0.3, -0.25) is 5.43 Å². The van der Waals surface area contributed by atoms with Gasteiger partial charge in [0.05, 0.1) is 22.9 Å². The molecule has 4 aromatic rings. The molecule has 0 radical (unpaired) electrons. The molecule has 0 bridgehead atoms. The maximum atomic E-state index is 12.7. The van der Waals surface area contributed by atoms with Gasteiger partial charge < -0.3 is 9.47 Å². The molecule has 35 heavy (non-hydrogen) atoms. The first-order valence-electron chi connectivity index (χ1n) is 10.7. The number of nitrogens with zero attached hydrogens (tertiary/aromatic N) is 2. The summed E-state index contributed by atoms with van der Waals surface area (Å²) in [6, 6.07) is 19.9. The largest absolute Gasteiger partial charge is 0.490 e. The van der Waals surface area contributed by atoms with Crippen molar-refractivity contribution < 1.29 is 22.6 Å². The molecular weight excluding hydrogens is 523 g/mol. The molecule has 0 aliphatic carbocycles. The van der Waals surface area contributed by atoms with E-state index in [1.54, 1.807) is 6.07 Å². The molecule has 0 fully saturated rings. The predicted octanol–water partition coefficient (Wildman–Crippen LogP) is 7.44. The first kappa shape index (κ1) is 24.5. The van der Waals surface area contributed by atoms with E-state index in [0.717, 1.165) is 28.6 Å². The molecule has 0 aliphatic rings. The fourth-order valence-electron chi connectivity index (χ4n) is 3.43. The lowest BCUT2D eigenvalue weighted by molar-refractivity contribution is -0.137. The summed E-state index contributed by atoms with van der Waals surface area (Å²) in [5.74, 6) is 1.29. The second kappa shape index (κ2) is 10.8. The van der Waals surface area contributed by atoms with Crippen molar-refractivity contribution in [1.29, 1.82) is 0 Å². The summed E-state index contributed by atoms with van der Waals surface area (Å²) >= 11 is 3.55. The number of rotatable bonds is 8. The summed E-state index contributed by atoms with van der Waals surface area (Å²) < 4.78 is 50.6. The fraction of sp³-hybridized carbons (Fsp3) is 0.154. The third-order valence-electron chi connectivity index (χ3n) is 5.07. The molecule has 1 heterocycles. The molecule has 3 aromatic carbocycles. The molecule has 5 nitrogen and oxygen atoms in total. The van der Waals surface area contributed by atoms with E-state index in [-0.39, 0.29) is 5.82 Å². The van der Waals surface area contributed by atoms with Crippen molar-refractivity contribution in [3.63, 3.8) is 0 Å². The molecule has 0 spiro atoms. The van der Waals surface area contributed by atoms with Crippen molar-refractivity contribution in [3.8, 4) is 11.5 Å². The van der Waals surface area contributed by atoms with Crippen LogP contribution < -0.4 is 14.9 Å². The van der Waals surface area contributed by atoms with Gasteiger partial charge in [0.2, 0.25) is 0 Å². The van der Waals surface area contributed by atoms with Gasteiger partial charge in [-0.1, -0.05) is 42.5 Å². The van der Waals surface area contributed by atoms with Gasteiger partial charge in [0.1, 0.15) is 12.4 Å². The van der Waals surface area contributed by atoms with Crippen LogP contribution in [0.3, 0.4) is 0 Å². The van der Waals surface area contributed by atoms with Crippen LogP contribution in [0.4, 0.5) is 19.0 Å². The van der Waals surface area contributed by atoms with E-state index in [1.165, 1.54) is 12.3 Å². The lowest BCUT2D eigenvalue weighted by atomic mass is 10.1. The Labute approximate surface area is 208 Å². The quantitative estimate of drug-likeness (QED) is 0.185.